The molecule has 1 saturated carbocycles. The topological polar surface area (TPSA) is 85.7 Å². The zero-order chi connectivity index (χ0) is 27.9. The normalized spacial score (nSPS) is 15.1. The summed E-state index contributed by atoms with van der Waals surface area (Å²) in [4.78, 5) is 17.8. The standard InChI is InChI=1S/C21H18ClF8N5O2/c1-34(10-3-4-10)18(36)12-5-11(14(23)6-13(12)22)9(7-31)8-32-17-15(37-19(24)25)16(33-35(17)2)20(26,27)21(28,29)30/h5-8,10,19H,3-4,31H2,1-2H3. The molecule has 0 unspecified atom stereocenters. The van der Waals surface area contributed by atoms with Crippen molar-refractivity contribution in [3.8, 4) is 5.75 Å². The zero-order valence-corrected chi connectivity index (χ0v) is 19.7. The van der Waals surface area contributed by atoms with E-state index in [1.807, 2.05) is 0 Å². The van der Waals surface area contributed by atoms with Crippen molar-refractivity contribution in [3.63, 3.8) is 0 Å². The number of aliphatic imine (C=N–C) groups is 1. The maximum absolute atomic E-state index is 14.7. The minimum atomic E-state index is -6.19. The molecule has 7 nitrogen and oxygen atoms in total. The molecule has 37 heavy (non-hydrogen) atoms. The van der Waals surface area contributed by atoms with Crippen LogP contribution >= 0.6 is 11.6 Å². The number of aromatic nitrogens is 2. The van der Waals surface area contributed by atoms with Crippen molar-refractivity contribution < 1.29 is 44.7 Å². The van der Waals surface area contributed by atoms with E-state index >= 15 is 0 Å². The van der Waals surface area contributed by atoms with Gasteiger partial charge in [0.25, 0.3) is 5.91 Å². The van der Waals surface area contributed by atoms with Crippen LogP contribution in [0.25, 0.3) is 5.57 Å². The van der Waals surface area contributed by atoms with Crippen molar-refractivity contribution >= 4 is 35.1 Å². The molecule has 2 aromatic rings. The van der Waals surface area contributed by atoms with Gasteiger partial charge in [0.1, 0.15) is 5.82 Å². The second-order valence-electron chi connectivity index (χ2n) is 7.91. The Hall–Kier alpha value is -3.36. The maximum atomic E-state index is 14.7. The summed E-state index contributed by atoms with van der Waals surface area (Å²) in [5.41, 5.74) is 2.62. The quantitative estimate of drug-likeness (QED) is 0.346. The van der Waals surface area contributed by atoms with E-state index in [0.29, 0.717) is 10.9 Å². The number of carbonyl (C=O) groups is 1. The Morgan fingerprint density at radius 1 is 1.27 bits per heavy atom. The molecule has 1 aromatic heterocycles. The number of rotatable bonds is 8. The Morgan fingerprint density at radius 3 is 2.41 bits per heavy atom. The van der Waals surface area contributed by atoms with Crippen LogP contribution in [0.15, 0.2) is 23.3 Å². The molecule has 0 bridgehead atoms. The SMILES string of the molecule is CN(C(=O)c1cc(C(C=Nc2c(OC(F)F)c(C(F)(F)C(F)(F)F)nn2C)=CN)c(F)cc1Cl)C1CC1. The summed E-state index contributed by atoms with van der Waals surface area (Å²) in [6.07, 6.45) is -3.16. The van der Waals surface area contributed by atoms with Crippen LogP contribution in [-0.2, 0) is 13.0 Å². The zero-order valence-electron chi connectivity index (χ0n) is 19.0. The number of nitrogens with zero attached hydrogens (tertiary/aromatic N) is 4. The lowest BCUT2D eigenvalue weighted by Gasteiger charge is -2.18. The number of amides is 1. The summed E-state index contributed by atoms with van der Waals surface area (Å²) < 4.78 is 111. The minimum Gasteiger partial charge on any atom is -0.428 e. The van der Waals surface area contributed by atoms with Gasteiger partial charge in [-0.1, -0.05) is 11.6 Å². The van der Waals surface area contributed by atoms with E-state index in [1.165, 1.54) is 11.9 Å². The second kappa shape index (κ2) is 10.2. The minimum absolute atomic E-state index is 0.00901. The summed E-state index contributed by atoms with van der Waals surface area (Å²) in [6.45, 7) is -3.81. The van der Waals surface area contributed by atoms with Crippen LogP contribution in [0.2, 0.25) is 5.02 Å². The van der Waals surface area contributed by atoms with Crippen LogP contribution < -0.4 is 10.5 Å². The highest BCUT2D eigenvalue weighted by Crippen LogP contribution is 2.49. The summed E-state index contributed by atoms with van der Waals surface area (Å²) in [6, 6.07) is 1.86. The van der Waals surface area contributed by atoms with Gasteiger partial charge in [-0.05, 0) is 25.0 Å². The van der Waals surface area contributed by atoms with Crippen LogP contribution in [0.5, 0.6) is 5.75 Å². The van der Waals surface area contributed by atoms with Gasteiger partial charge in [0.05, 0.1) is 10.6 Å². The molecule has 0 atom stereocenters. The number of alkyl halides is 7. The summed E-state index contributed by atoms with van der Waals surface area (Å²) in [5, 5.41) is 2.75. The molecule has 3 rings (SSSR count). The van der Waals surface area contributed by atoms with Crippen molar-refractivity contribution in [1.29, 1.82) is 0 Å². The Labute approximate surface area is 209 Å². The van der Waals surface area contributed by atoms with Gasteiger partial charge in [-0.2, -0.15) is 35.8 Å². The first-order valence-electron chi connectivity index (χ1n) is 10.3. The summed E-state index contributed by atoms with van der Waals surface area (Å²) in [7, 11) is 2.38. The first-order valence-corrected chi connectivity index (χ1v) is 10.7. The fourth-order valence-corrected chi connectivity index (χ4v) is 3.49. The van der Waals surface area contributed by atoms with E-state index in [1.54, 1.807) is 0 Å². The third-order valence-corrected chi connectivity index (χ3v) is 5.67. The van der Waals surface area contributed by atoms with Crippen molar-refractivity contribution in [2.45, 2.75) is 37.6 Å². The molecule has 1 heterocycles. The Bertz CT molecular complexity index is 1250. The van der Waals surface area contributed by atoms with Crippen LogP contribution in [0.3, 0.4) is 0 Å². The average Bonchev–Trinajstić information content (AvgIpc) is 3.59. The smallest absolute Gasteiger partial charge is 0.428 e. The van der Waals surface area contributed by atoms with Crippen LogP contribution in [-0.4, -0.2) is 52.7 Å². The molecule has 1 aromatic carbocycles. The third kappa shape index (κ3) is 5.65. The monoisotopic (exact) mass is 559 g/mol. The summed E-state index contributed by atoms with van der Waals surface area (Å²) in [5.74, 6) is -9.80. The molecule has 16 heteroatoms. The number of nitrogens with two attached hydrogens (primary N) is 1. The first kappa shape index (κ1) is 28.2. The van der Waals surface area contributed by atoms with Crippen molar-refractivity contribution in [3.05, 3.63) is 46.0 Å². The Balaban J connectivity index is 2.06. The van der Waals surface area contributed by atoms with E-state index in [0.717, 1.165) is 38.2 Å². The number of benzene rings is 1. The molecule has 1 amide bonds. The van der Waals surface area contributed by atoms with Crippen molar-refractivity contribution in [1.82, 2.24) is 14.7 Å². The van der Waals surface area contributed by atoms with E-state index in [2.05, 4.69) is 14.8 Å². The molecular formula is C21H18ClF8N5O2. The van der Waals surface area contributed by atoms with E-state index < -0.39 is 47.7 Å². The average molecular weight is 560 g/mol. The largest absolute Gasteiger partial charge is 0.459 e. The van der Waals surface area contributed by atoms with Crippen molar-refractivity contribution in [2.24, 2.45) is 17.8 Å². The van der Waals surface area contributed by atoms with Gasteiger partial charge in [0.15, 0.2) is 17.3 Å². The van der Waals surface area contributed by atoms with Gasteiger partial charge in [-0.25, -0.2) is 14.1 Å². The lowest BCUT2D eigenvalue weighted by Crippen LogP contribution is -2.34. The van der Waals surface area contributed by atoms with Crippen LogP contribution in [0.4, 0.5) is 40.9 Å². The molecule has 202 valence electrons. The predicted molar refractivity (Wildman–Crippen MR) is 117 cm³/mol. The molecule has 1 aliphatic rings. The van der Waals surface area contributed by atoms with Gasteiger partial charge in [-0.3, -0.25) is 4.79 Å². The van der Waals surface area contributed by atoms with Gasteiger partial charge in [0, 0.05) is 43.7 Å². The number of aryl methyl sites for hydroxylation is 1. The highest BCUT2D eigenvalue weighted by atomic mass is 35.5. The second-order valence-corrected chi connectivity index (χ2v) is 8.32. The van der Waals surface area contributed by atoms with E-state index in [4.69, 9.17) is 17.3 Å². The van der Waals surface area contributed by atoms with Crippen LogP contribution in [0, 0.1) is 5.82 Å². The Kier molecular flexibility index (Phi) is 7.77. The van der Waals surface area contributed by atoms with Crippen LogP contribution in [0.1, 0.15) is 34.5 Å². The molecule has 1 fully saturated rings. The number of hydrogen-bond donors (Lipinski definition) is 1. The molecule has 2 N–H and O–H groups in total. The molecule has 0 radical (unpaired) electrons. The number of ether oxygens (including phenoxy) is 1. The van der Waals surface area contributed by atoms with E-state index in [-0.39, 0.29) is 27.8 Å². The fourth-order valence-electron chi connectivity index (χ4n) is 3.26. The number of allylic oxidation sites excluding steroid dienone is 1. The highest BCUT2D eigenvalue weighted by Gasteiger charge is 2.62. The molecule has 0 spiro atoms. The highest BCUT2D eigenvalue weighted by molar-refractivity contribution is 6.34. The maximum Gasteiger partial charge on any atom is 0.459 e. The number of hydrogen-bond acceptors (Lipinski definition) is 5. The van der Waals surface area contributed by atoms with Gasteiger partial charge < -0.3 is 15.4 Å². The van der Waals surface area contributed by atoms with Gasteiger partial charge in [-0.15, -0.1) is 0 Å². The van der Waals surface area contributed by atoms with E-state index in [9.17, 15) is 39.9 Å². The lowest BCUT2D eigenvalue weighted by molar-refractivity contribution is -0.291. The number of carbonyl (C=O) groups excluding carboxylic acids is 1. The molecular weight excluding hydrogens is 542 g/mol. The predicted octanol–water partition coefficient (Wildman–Crippen LogP) is 5.40. The molecule has 0 aliphatic heterocycles. The molecule has 0 saturated heterocycles. The van der Waals surface area contributed by atoms with Gasteiger partial charge >= 0.3 is 18.7 Å². The van der Waals surface area contributed by atoms with Crippen molar-refractivity contribution in [2.75, 3.05) is 7.05 Å². The number of halogens is 9. The summed E-state index contributed by atoms with van der Waals surface area (Å²) >= 11 is 6.02. The van der Waals surface area contributed by atoms with Gasteiger partial charge in [0.2, 0.25) is 0 Å². The molecule has 1 aliphatic carbocycles. The Morgan fingerprint density at radius 2 is 1.89 bits per heavy atom. The third-order valence-electron chi connectivity index (χ3n) is 5.35. The lowest BCUT2D eigenvalue weighted by atomic mass is 10.0. The first-order chi connectivity index (χ1) is 17.1. The fraction of sp³-hybridized carbons (Fsp3) is 0.381.